The standard InChI is InChI=1S/C14H16S/c1-3-5-9-13-11(4-2)12-8-6-7-10-14(12)15-13/h3-5,7,9-10H,6,8H2,1-2H3/b5-3?,11-4-,13-9+. The normalized spacial score (nSPS) is 17.7. The summed E-state index contributed by atoms with van der Waals surface area (Å²) in [5.41, 5.74) is 1.54. The SMILES string of the molecule is CC=C/C=c1/sc2c(/c1=C/C)CCC=C2. The van der Waals surface area contributed by atoms with Crippen molar-refractivity contribution in [2.45, 2.75) is 26.7 Å². The molecule has 78 valence electrons. The van der Waals surface area contributed by atoms with Gasteiger partial charge in [0, 0.05) is 9.41 Å². The average Bonchev–Trinajstić information content (AvgIpc) is 2.63. The van der Waals surface area contributed by atoms with E-state index in [1.54, 1.807) is 5.56 Å². The quantitative estimate of drug-likeness (QED) is 0.677. The fourth-order valence-corrected chi connectivity index (χ4v) is 3.18. The van der Waals surface area contributed by atoms with E-state index in [1.807, 2.05) is 11.3 Å². The fourth-order valence-electron chi connectivity index (χ4n) is 1.95. The molecule has 0 radical (unpaired) electrons. The lowest BCUT2D eigenvalue weighted by molar-refractivity contribution is 0.986. The van der Waals surface area contributed by atoms with Crippen LogP contribution < -0.4 is 9.75 Å². The summed E-state index contributed by atoms with van der Waals surface area (Å²) >= 11 is 1.90. The molecule has 1 aromatic heterocycles. The molecule has 0 aliphatic heterocycles. The molecular weight excluding hydrogens is 200 g/mol. The lowest BCUT2D eigenvalue weighted by Crippen LogP contribution is -2.21. The van der Waals surface area contributed by atoms with Gasteiger partial charge in [0.15, 0.2) is 0 Å². The Bertz CT molecular complexity index is 512. The van der Waals surface area contributed by atoms with E-state index in [4.69, 9.17) is 0 Å². The second-order valence-corrected chi connectivity index (χ2v) is 4.73. The van der Waals surface area contributed by atoms with Crippen LogP contribution in [-0.4, -0.2) is 0 Å². The highest BCUT2D eigenvalue weighted by atomic mass is 32.1. The molecule has 1 aliphatic carbocycles. The molecule has 0 N–H and O–H groups in total. The average molecular weight is 216 g/mol. The fraction of sp³-hybridized carbons (Fsp3) is 0.286. The third-order valence-corrected chi connectivity index (χ3v) is 3.85. The van der Waals surface area contributed by atoms with Crippen molar-refractivity contribution >= 4 is 29.6 Å². The Balaban J connectivity index is 2.68. The van der Waals surface area contributed by atoms with Gasteiger partial charge in [-0.25, -0.2) is 0 Å². The predicted octanol–water partition coefficient (Wildman–Crippen LogP) is 2.86. The summed E-state index contributed by atoms with van der Waals surface area (Å²) in [6.45, 7) is 4.19. The van der Waals surface area contributed by atoms with Crippen LogP contribution in [0.5, 0.6) is 0 Å². The molecule has 0 saturated carbocycles. The molecule has 1 heteroatoms. The van der Waals surface area contributed by atoms with Gasteiger partial charge in [-0.3, -0.25) is 0 Å². The van der Waals surface area contributed by atoms with Gasteiger partial charge in [-0.05, 0) is 49.6 Å². The molecule has 1 aromatic rings. The molecule has 0 saturated heterocycles. The second kappa shape index (κ2) is 4.63. The largest absolute Gasteiger partial charge is 0.136 e. The summed E-state index contributed by atoms with van der Waals surface area (Å²) in [6.07, 6.45) is 15.6. The van der Waals surface area contributed by atoms with Gasteiger partial charge in [0.25, 0.3) is 0 Å². The van der Waals surface area contributed by atoms with Crippen LogP contribution in [0.3, 0.4) is 0 Å². The topological polar surface area (TPSA) is 0 Å². The van der Waals surface area contributed by atoms with Gasteiger partial charge in [0.05, 0.1) is 0 Å². The molecule has 2 rings (SSSR count). The zero-order chi connectivity index (χ0) is 10.7. The highest BCUT2D eigenvalue weighted by molar-refractivity contribution is 7.11. The van der Waals surface area contributed by atoms with Crippen LogP contribution in [0.4, 0.5) is 0 Å². The third kappa shape index (κ3) is 1.98. The van der Waals surface area contributed by atoms with Gasteiger partial charge in [0.2, 0.25) is 0 Å². The third-order valence-electron chi connectivity index (χ3n) is 2.67. The molecule has 0 aromatic carbocycles. The molecule has 0 unspecified atom stereocenters. The van der Waals surface area contributed by atoms with Gasteiger partial charge in [-0.1, -0.05) is 24.3 Å². The minimum absolute atomic E-state index is 1.19. The Labute approximate surface area is 95.0 Å². The molecule has 0 spiro atoms. The number of rotatable bonds is 1. The Kier molecular flexibility index (Phi) is 3.22. The first kappa shape index (κ1) is 10.4. The first-order chi connectivity index (χ1) is 7.36. The van der Waals surface area contributed by atoms with Gasteiger partial charge < -0.3 is 0 Å². The summed E-state index contributed by atoms with van der Waals surface area (Å²) in [7, 11) is 0. The van der Waals surface area contributed by atoms with E-state index < -0.39 is 0 Å². The summed E-state index contributed by atoms with van der Waals surface area (Å²) < 4.78 is 1.40. The maximum atomic E-state index is 2.28. The molecule has 0 amide bonds. The summed E-state index contributed by atoms with van der Waals surface area (Å²) in [4.78, 5) is 1.45. The Morgan fingerprint density at radius 3 is 2.93 bits per heavy atom. The van der Waals surface area contributed by atoms with Crippen molar-refractivity contribution in [1.29, 1.82) is 0 Å². The number of allylic oxidation sites excluding steroid dienone is 3. The first-order valence-corrected chi connectivity index (χ1v) is 6.26. The summed E-state index contributed by atoms with van der Waals surface area (Å²) in [5, 5.41) is 1.44. The lowest BCUT2D eigenvalue weighted by Gasteiger charge is -2.02. The minimum atomic E-state index is 1.19. The van der Waals surface area contributed by atoms with Crippen molar-refractivity contribution < 1.29 is 0 Å². The highest BCUT2D eigenvalue weighted by Crippen LogP contribution is 2.18. The highest BCUT2D eigenvalue weighted by Gasteiger charge is 2.08. The molecule has 1 aliphatic rings. The van der Waals surface area contributed by atoms with Crippen molar-refractivity contribution in [3.63, 3.8) is 0 Å². The molecule has 15 heavy (non-hydrogen) atoms. The van der Waals surface area contributed by atoms with Crippen LogP contribution in [0.1, 0.15) is 30.7 Å². The van der Waals surface area contributed by atoms with Crippen LogP contribution in [0.2, 0.25) is 0 Å². The van der Waals surface area contributed by atoms with Gasteiger partial charge >= 0.3 is 0 Å². The Hall–Kier alpha value is -1.08. The van der Waals surface area contributed by atoms with E-state index in [2.05, 4.69) is 50.3 Å². The smallest absolute Gasteiger partial charge is 0.0348 e. The predicted molar refractivity (Wildman–Crippen MR) is 70.3 cm³/mol. The lowest BCUT2D eigenvalue weighted by atomic mass is 10.0. The first-order valence-electron chi connectivity index (χ1n) is 5.44. The molecular formula is C14H16S. The zero-order valence-electron chi connectivity index (χ0n) is 9.29. The van der Waals surface area contributed by atoms with Crippen LogP contribution >= 0.6 is 11.3 Å². The molecule has 1 heterocycles. The van der Waals surface area contributed by atoms with Crippen LogP contribution in [0.15, 0.2) is 18.2 Å². The number of hydrogen-bond acceptors (Lipinski definition) is 1. The number of hydrogen-bond donors (Lipinski definition) is 0. The monoisotopic (exact) mass is 216 g/mol. The molecule has 0 nitrogen and oxygen atoms in total. The maximum absolute atomic E-state index is 2.28. The van der Waals surface area contributed by atoms with Gasteiger partial charge in [0.1, 0.15) is 0 Å². The van der Waals surface area contributed by atoms with Crippen molar-refractivity contribution in [2.24, 2.45) is 0 Å². The Morgan fingerprint density at radius 2 is 2.20 bits per heavy atom. The van der Waals surface area contributed by atoms with Crippen molar-refractivity contribution in [1.82, 2.24) is 0 Å². The number of thiophene rings is 1. The van der Waals surface area contributed by atoms with E-state index in [9.17, 15) is 0 Å². The van der Waals surface area contributed by atoms with E-state index in [1.165, 1.54) is 27.5 Å². The molecule has 0 atom stereocenters. The van der Waals surface area contributed by atoms with Crippen molar-refractivity contribution in [3.05, 3.63) is 38.4 Å². The maximum Gasteiger partial charge on any atom is 0.0348 e. The van der Waals surface area contributed by atoms with Gasteiger partial charge in [-0.2, -0.15) is 0 Å². The Morgan fingerprint density at radius 1 is 1.33 bits per heavy atom. The molecule has 0 bridgehead atoms. The molecule has 0 fully saturated rings. The van der Waals surface area contributed by atoms with E-state index in [0.717, 1.165) is 0 Å². The minimum Gasteiger partial charge on any atom is -0.136 e. The van der Waals surface area contributed by atoms with Crippen LogP contribution in [-0.2, 0) is 6.42 Å². The number of fused-ring (bicyclic) bond motifs is 1. The van der Waals surface area contributed by atoms with Crippen molar-refractivity contribution in [2.75, 3.05) is 0 Å². The second-order valence-electron chi connectivity index (χ2n) is 3.64. The van der Waals surface area contributed by atoms with Crippen LogP contribution in [0.25, 0.3) is 18.2 Å². The van der Waals surface area contributed by atoms with E-state index in [0.29, 0.717) is 0 Å². The van der Waals surface area contributed by atoms with Crippen LogP contribution in [0, 0.1) is 0 Å². The van der Waals surface area contributed by atoms with E-state index in [-0.39, 0.29) is 0 Å². The van der Waals surface area contributed by atoms with Gasteiger partial charge in [-0.15, -0.1) is 11.3 Å². The zero-order valence-corrected chi connectivity index (χ0v) is 10.1. The van der Waals surface area contributed by atoms with Crippen molar-refractivity contribution in [3.8, 4) is 0 Å². The van der Waals surface area contributed by atoms with E-state index >= 15 is 0 Å². The summed E-state index contributed by atoms with van der Waals surface area (Å²) in [5.74, 6) is 0. The summed E-state index contributed by atoms with van der Waals surface area (Å²) in [6, 6.07) is 0.